The quantitative estimate of drug-likeness (QED) is 0.869. The Labute approximate surface area is 107 Å². The number of piperidine rings is 1. The van der Waals surface area contributed by atoms with Crippen LogP contribution < -0.4 is 15.0 Å². The lowest BCUT2D eigenvalue weighted by molar-refractivity contribution is 0.366. The Morgan fingerprint density at radius 1 is 1.39 bits per heavy atom. The molecule has 0 spiro atoms. The molecule has 2 saturated heterocycles. The van der Waals surface area contributed by atoms with Gasteiger partial charge in [-0.3, -0.25) is 0 Å². The zero-order chi connectivity index (χ0) is 12.5. The summed E-state index contributed by atoms with van der Waals surface area (Å²) >= 11 is 0. The topological polar surface area (TPSA) is 24.5 Å². The molecule has 2 fully saturated rings. The zero-order valence-electron chi connectivity index (χ0n) is 10.7. The smallest absolute Gasteiger partial charge is 0.142 e. The van der Waals surface area contributed by atoms with Gasteiger partial charge in [0.05, 0.1) is 12.8 Å². The summed E-state index contributed by atoms with van der Waals surface area (Å²) in [6.45, 7) is 3.05. The van der Waals surface area contributed by atoms with E-state index in [1.54, 1.807) is 19.2 Å². The highest BCUT2D eigenvalue weighted by Gasteiger charge is 2.33. The summed E-state index contributed by atoms with van der Waals surface area (Å²) < 4.78 is 18.7. The number of anilines is 1. The fraction of sp³-hybridized carbons (Fsp3) is 0.571. The van der Waals surface area contributed by atoms with Crippen molar-refractivity contribution in [1.29, 1.82) is 0 Å². The number of nitrogens with one attached hydrogen (secondary N) is 1. The lowest BCUT2D eigenvalue weighted by Gasteiger charge is -2.37. The number of ether oxygens (including phenoxy) is 1. The van der Waals surface area contributed by atoms with Crippen molar-refractivity contribution in [2.75, 3.05) is 31.6 Å². The highest BCUT2D eigenvalue weighted by Crippen LogP contribution is 2.34. The molecule has 18 heavy (non-hydrogen) atoms. The molecular formula is C14H19FN2O. The fourth-order valence-electron chi connectivity index (χ4n) is 3.16. The monoisotopic (exact) mass is 250 g/mol. The minimum atomic E-state index is -0.202. The highest BCUT2D eigenvalue weighted by atomic mass is 19.1. The van der Waals surface area contributed by atoms with E-state index < -0.39 is 0 Å². The van der Waals surface area contributed by atoms with E-state index in [0.717, 1.165) is 37.0 Å². The average Bonchev–Trinajstić information content (AvgIpc) is 2.85. The molecule has 2 aliphatic rings. The van der Waals surface area contributed by atoms with Gasteiger partial charge in [0.15, 0.2) is 0 Å². The Kier molecular flexibility index (Phi) is 3.12. The van der Waals surface area contributed by atoms with Gasteiger partial charge in [0.1, 0.15) is 11.6 Å². The van der Waals surface area contributed by atoms with Crippen molar-refractivity contribution in [1.82, 2.24) is 5.32 Å². The molecule has 0 amide bonds. The van der Waals surface area contributed by atoms with Crippen LogP contribution in [0.3, 0.4) is 0 Å². The van der Waals surface area contributed by atoms with Crippen molar-refractivity contribution in [2.24, 2.45) is 5.92 Å². The van der Waals surface area contributed by atoms with Gasteiger partial charge in [0.25, 0.3) is 0 Å². The van der Waals surface area contributed by atoms with Crippen LogP contribution >= 0.6 is 0 Å². The number of nitrogens with zero attached hydrogens (tertiary/aromatic N) is 1. The molecule has 0 saturated carbocycles. The Morgan fingerprint density at radius 3 is 3.11 bits per heavy atom. The van der Waals surface area contributed by atoms with Crippen molar-refractivity contribution in [3.63, 3.8) is 0 Å². The van der Waals surface area contributed by atoms with E-state index in [1.165, 1.54) is 18.9 Å². The van der Waals surface area contributed by atoms with Gasteiger partial charge < -0.3 is 15.0 Å². The van der Waals surface area contributed by atoms with Gasteiger partial charge in [-0.1, -0.05) is 0 Å². The molecule has 0 aromatic heterocycles. The van der Waals surface area contributed by atoms with Crippen LogP contribution in [-0.4, -0.2) is 32.8 Å². The van der Waals surface area contributed by atoms with E-state index in [-0.39, 0.29) is 5.82 Å². The van der Waals surface area contributed by atoms with Crippen molar-refractivity contribution < 1.29 is 9.13 Å². The maximum atomic E-state index is 13.4. The minimum Gasteiger partial charge on any atom is -0.495 e. The van der Waals surface area contributed by atoms with Gasteiger partial charge in [0, 0.05) is 25.2 Å². The van der Waals surface area contributed by atoms with Crippen molar-refractivity contribution in [2.45, 2.75) is 18.9 Å². The molecule has 0 bridgehead atoms. The second kappa shape index (κ2) is 4.76. The molecule has 1 N–H and O–H groups in total. The van der Waals surface area contributed by atoms with Crippen LogP contribution in [0.15, 0.2) is 18.2 Å². The van der Waals surface area contributed by atoms with E-state index in [0.29, 0.717) is 6.04 Å². The molecule has 2 unspecified atom stereocenters. The fourth-order valence-corrected chi connectivity index (χ4v) is 3.16. The van der Waals surface area contributed by atoms with Crippen LogP contribution in [0.5, 0.6) is 5.75 Å². The molecule has 0 radical (unpaired) electrons. The summed E-state index contributed by atoms with van der Waals surface area (Å²) in [5.41, 5.74) is 0.879. The highest BCUT2D eigenvalue weighted by molar-refractivity contribution is 5.59. The first-order valence-electron chi connectivity index (χ1n) is 6.60. The lowest BCUT2D eigenvalue weighted by Crippen LogP contribution is -2.46. The van der Waals surface area contributed by atoms with Crippen molar-refractivity contribution >= 4 is 5.69 Å². The van der Waals surface area contributed by atoms with E-state index >= 15 is 0 Å². The number of hydrogen-bond acceptors (Lipinski definition) is 3. The number of halogens is 1. The van der Waals surface area contributed by atoms with E-state index in [4.69, 9.17) is 4.74 Å². The van der Waals surface area contributed by atoms with Gasteiger partial charge in [-0.2, -0.15) is 0 Å². The maximum absolute atomic E-state index is 13.4. The number of rotatable bonds is 2. The molecule has 1 aromatic carbocycles. The number of fused-ring (bicyclic) bond motifs is 1. The van der Waals surface area contributed by atoms with Gasteiger partial charge >= 0.3 is 0 Å². The number of methoxy groups -OCH3 is 1. The molecule has 2 aliphatic heterocycles. The lowest BCUT2D eigenvalue weighted by atomic mass is 9.92. The van der Waals surface area contributed by atoms with Gasteiger partial charge in [-0.05, 0) is 37.4 Å². The second-order valence-corrected chi connectivity index (χ2v) is 5.16. The van der Waals surface area contributed by atoms with E-state index in [9.17, 15) is 4.39 Å². The molecule has 1 aromatic rings. The molecule has 4 heteroatoms. The Hall–Kier alpha value is -1.29. The number of hydrogen-bond donors (Lipinski definition) is 1. The first kappa shape index (κ1) is 11.8. The predicted octanol–water partition coefficient (Wildman–Crippen LogP) is 2.02. The van der Waals surface area contributed by atoms with Crippen LogP contribution in [0.1, 0.15) is 12.8 Å². The van der Waals surface area contributed by atoms with E-state index in [2.05, 4.69) is 10.2 Å². The molecule has 3 nitrogen and oxygen atoms in total. The molecule has 2 heterocycles. The molecule has 98 valence electrons. The summed E-state index contributed by atoms with van der Waals surface area (Å²) in [7, 11) is 1.64. The van der Waals surface area contributed by atoms with E-state index in [1.807, 2.05) is 0 Å². The first-order valence-corrected chi connectivity index (χ1v) is 6.60. The third-order valence-corrected chi connectivity index (χ3v) is 4.16. The van der Waals surface area contributed by atoms with Crippen LogP contribution in [0, 0.1) is 11.7 Å². The van der Waals surface area contributed by atoms with Crippen LogP contribution in [-0.2, 0) is 0 Å². The molecule has 0 aliphatic carbocycles. The number of benzene rings is 1. The average molecular weight is 250 g/mol. The molecular weight excluding hydrogens is 231 g/mol. The van der Waals surface area contributed by atoms with Crippen LogP contribution in [0.25, 0.3) is 0 Å². The van der Waals surface area contributed by atoms with Gasteiger partial charge in [0.2, 0.25) is 0 Å². The molecule has 2 atom stereocenters. The van der Waals surface area contributed by atoms with Crippen LogP contribution in [0.4, 0.5) is 10.1 Å². The normalized spacial score (nSPS) is 27.1. The summed E-state index contributed by atoms with van der Waals surface area (Å²) in [5.74, 6) is 1.35. The summed E-state index contributed by atoms with van der Waals surface area (Å²) in [5, 5.41) is 3.53. The standard InChI is InChI=1S/C14H19FN2O/c1-18-14-3-2-11(15)8-13(14)17-7-5-10-4-6-16-12(10)9-17/h2-3,8,10,12,16H,4-7,9H2,1H3. The third-order valence-electron chi connectivity index (χ3n) is 4.16. The van der Waals surface area contributed by atoms with Gasteiger partial charge in [-0.15, -0.1) is 0 Å². The Morgan fingerprint density at radius 2 is 2.28 bits per heavy atom. The maximum Gasteiger partial charge on any atom is 0.142 e. The molecule has 3 rings (SSSR count). The largest absolute Gasteiger partial charge is 0.495 e. The zero-order valence-corrected chi connectivity index (χ0v) is 10.7. The summed E-state index contributed by atoms with van der Waals surface area (Å²) in [6.07, 6.45) is 2.45. The Balaban J connectivity index is 1.84. The minimum absolute atomic E-state index is 0.202. The summed E-state index contributed by atoms with van der Waals surface area (Å²) in [6, 6.07) is 5.28. The Bertz CT molecular complexity index is 438. The van der Waals surface area contributed by atoms with Gasteiger partial charge in [-0.25, -0.2) is 4.39 Å². The van der Waals surface area contributed by atoms with Crippen LogP contribution in [0.2, 0.25) is 0 Å². The van der Waals surface area contributed by atoms with Crippen molar-refractivity contribution in [3.8, 4) is 5.75 Å². The first-order chi connectivity index (χ1) is 8.78. The third kappa shape index (κ3) is 2.05. The SMILES string of the molecule is COc1ccc(F)cc1N1CCC2CCNC2C1. The summed E-state index contributed by atoms with van der Waals surface area (Å²) in [4.78, 5) is 2.24. The second-order valence-electron chi connectivity index (χ2n) is 5.16. The predicted molar refractivity (Wildman–Crippen MR) is 69.7 cm³/mol. The van der Waals surface area contributed by atoms with Crippen molar-refractivity contribution in [3.05, 3.63) is 24.0 Å².